The minimum absolute atomic E-state index is 0.104. The van der Waals surface area contributed by atoms with E-state index in [1.807, 2.05) is 36.4 Å². The van der Waals surface area contributed by atoms with Crippen molar-refractivity contribution in [3.05, 3.63) is 132 Å². The van der Waals surface area contributed by atoms with Crippen molar-refractivity contribution in [2.24, 2.45) is 0 Å². The van der Waals surface area contributed by atoms with E-state index in [9.17, 15) is 9.59 Å². The number of methoxy groups -OCH3 is 1. The van der Waals surface area contributed by atoms with E-state index in [1.54, 1.807) is 25.1 Å². The van der Waals surface area contributed by atoms with Crippen LogP contribution in [0.15, 0.2) is 115 Å². The van der Waals surface area contributed by atoms with Gasteiger partial charge in [0.05, 0.1) is 12.2 Å². The van der Waals surface area contributed by atoms with Crippen molar-refractivity contribution >= 4 is 24.1 Å². The molecule has 4 aromatic rings. The maximum absolute atomic E-state index is 12.4. The molecule has 5 heteroatoms. The van der Waals surface area contributed by atoms with Crippen LogP contribution in [0.25, 0.3) is 34.4 Å². The molecule has 0 unspecified atom stereocenters. The molecule has 0 aliphatic heterocycles. The largest absolute Gasteiger partial charge is 0.423 e. The highest BCUT2D eigenvalue weighted by molar-refractivity contribution is 5.90. The van der Waals surface area contributed by atoms with Crippen LogP contribution in [0.3, 0.4) is 0 Å². The fraction of sp³-hybridized carbons (Fsp3) is 0.179. The van der Waals surface area contributed by atoms with Crippen molar-refractivity contribution in [2.45, 2.75) is 33.1 Å². The number of esters is 2. The lowest BCUT2D eigenvalue weighted by molar-refractivity contribution is -0.131. The zero-order valence-corrected chi connectivity index (χ0v) is 25.6. The van der Waals surface area contributed by atoms with Crippen LogP contribution in [0, 0.1) is 0 Å². The Kier molecular flexibility index (Phi) is 11.2. The van der Waals surface area contributed by atoms with Crippen LogP contribution in [0.2, 0.25) is 0 Å². The number of hydrogen-bond donors (Lipinski definition) is 0. The first kappa shape index (κ1) is 31.9. The van der Waals surface area contributed by atoms with E-state index >= 15 is 0 Å². The average molecular weight is 587 g/mol. The average Bonchev–Trinajstić information content (AvgIpc) is 3.04. The molecule has 0 fully saturated rings. The van der Waals surface area contributed by atoms with E-state index in [0.29, 0.717) is 17.1 Å². The third-order valence-electron chi connectivity index (χ3n) is 7.04. The van der Waals surface area contributed by atoms with Gasteiger partial charge in [0.25, 0.3) is 0 Å². The normalized spacial score (nSPS) is 10.9. The van der Waals surface area contributed by atoms with Gasteiger partial charge >= 0.3 is 11.9 Å². The summed E-state index contributed by atoms with van der Waals surface area (Å²) in [6, 6.07) is 29.9. The van der Waals surface area contributed by atoms with Gasteiger partial charge < -0.3 is 14.2 Å². The van der Waals surface area contributed by atoms with Crippen molar-refractivity contribution in [2.75, 3.05) is 13.7 Å². The van der Waals surface area contributed by atoms with Gasteiger partial charge in [-0.3, -0.25) is 0 Å². The number of unbranched alkanes of at least 4 members (excludes halogenated alkanes) is 1. The first-order chi connectivity index (χ1) is 21.3. The predicted molar refractivity (Wildman–Crippen MR) is 178 cm³/mol. The summed E-state index contributed by atoms with van der Waals surface area (Å²) < 4.78 is 16.0. The molecule has 4 aromatic carbocycles. The lowest BCUT2D eigenvalue weighted by atomic mass is 10.00. The van der Waals surface area contributed by atoms with Crippen LogP contribution in [-0.4, -0.2) is 25.7 Å². The SMILES string of the molecule is C=C(C)C(=O)Oc1ccc(-c2ccc(OC(=O)C(=C)COC)cc2)cc1/C=C/c1ccc(-c2ccc(CCCC)cc2)cc1. The Morgan fingerprint density at radius 1 is 0.727 bits per heavy atom. The van der Waals surface area contributed by atoms with Crippen LogP contribution in [0.1, 0.15) is 43.4 Å². The van der Waals surface area contributed by atoms with E-state index in [2.05, 4.69) is 68.6 Å². The smallest absolute Gasteiger partial charge is 0.341 e. The van der Waals surface area contributed by atoms with Crippen LogP contribution < -0.4 is 9.47 Å². The summed E-state index contributed by atoms with van der Waals surface area (Å²) >= 11 is 0. The predicted octanol–water partition coefficient (Wildman–Crippen LogP) is 9.12. The standard InChI is InChI=1S/C39H38O5/c1-6-7-8-29-9-14-31(15-10-29)32-16-11-30(12-17-32)13-18-35-25-34(21-24-37(35)44-38(40)27(2)3)33-19-22-36(23-20-33)43-39(41)28(4)26-42-5/h9-25H,2,4,6-8,26H2,1,3,5H3/b18-13+. The summed E-state index contributed by atoms with van der Waals surface area (Å²) in [6.45, 7) is 11.3. The molecule has 0 spiro atoms. The minimum atomic E-state index is -0.538. The fourth-order valence-electron chi connectivity index (χ4n) is 4.48. The molecule has 4 rings (SSSR count). The van der Waals surface area contributed by atoms with Crippen molar-refractivity contribution < 1.29 is 23.8 Å². The Morgan fingerprint density at radius 2 is 1.32 bits per heavy atom. The summed E-state index contributed by atoms with van der Waals surface area (Å²) in [5.74, 6) is -0.193. The van der Waals surface area contributed by atoms with Gasteiger partial charge in [-0.1, -0.05) is 105 Å². The van der Waals surface area contributed by atoms with Crippen molar-refractivity contribution in [1.82, 2.24) is 0 Å². The molecule has 0 radical (unpaired) electrons. The Balaban J connectivity index is 1.54. The maximum Gasteiger partial charge on any atom is 0.341 e. The van der Waals surface area contributed by atoms with Crippen LogP contribution >= 0.6 is 0 Å². The molecule has 0 saturated heterocycles. The molecule has 0 atom stereocenters. The van der Waals surface area contributed by atoms with Gasteiger partial charge in [0, 0.05) is 18.2 Å². The zero-order chi connectivity index (χ0) is 31.5. The van der Waals surface area contributed by atoms with Gasteiger partial charge in [-0.2, -0.15) is 0 Å². The Labute approximate surface area is 260 Å². The summed E-state index contributed by atoms with van der Waals surface area (Å²) in [6.07, 6.45) is 7.42. The van der Waals surface area contributed by atoms with Gasteiger partial charge in [0.2, 0.25) is 0 Å². The van der Waals surface area contributed by atoms with E-state index in [-0.39, 0.29) is 12.2 Å². The van der Waals surface area contributed by atoms with Crippen LogP contribution in [0.4, 0.5) is 0 Å². The fourth-order valence-corrected chi connectivity index (χ4v) is 4.48. The number of benzene rings is 4. The van der Waals surface area contributed by atoms with Gasteiger partial charge in [0.15, 0.2) is 0 Å². The van der Waals surface area contributed by atoms with Crippen molar-refractivity contribution in [1.29, 1.82) is 0 Å². The number of carbonyl (C=O) groups is 2. The first-order valence-corrected chi connectivity index (χ1v) is 14.7. The van der Waals surface area contributed by atoms with E-state index in [1.165, 1.54) is 31.1 Å². The molecule has 0 aliphatic carbocycles. The maximum atomic E-state index is 12.4. The molecule has 224 valence electrons. The molecule has 0 aliphatic rings. The second-order valence-electron chi connectivity index (χ2n) is 10.6. The molecular weight excluding hydrogens is 548 g/mol. The summed E-state index contributed by atoms with van der Waals surface area (Å²) in [5, 5.41) is 0. The molecular formula is C39H38O5. The van der Waals surface area contributed by atoms with Gasteiger partial charge in [0.1, 0.15) is 11.5 Å². The third kappa shape index (κ3) is 8.76. The number of aryl methyl sites for hydroxylation is 1. The molecule has 0 N–H and O–H groups in total. The Morgan fingerprint density at radius 3 is 1.93 bits per heavy atom. The van der Waals surface area contributed by atoms with Gasteiger partial charge in [-0.05, 0) is 77.4 Å². The monoisotopic (exact) mass is 586 g/mol. The summed E-state index contributed by atoms with van der Waals surface area (Å²) in [4.78, 5) is 24.5. The molecule has 0 amide bonds. The first-order valence-electron chi connectivity index (χ1n) is 14.7. The highest BCUT2D eigenvalue weighted by atomic mass is 16.5. The van der Waals surface area contributed by atoms with E-state index < -0.39 is 11.9 Å². The summed E-state index contributed by atoms with van der Waals surface area (Å²) in [5.41, 5.74) is 7.80. The minimum Gasteiger partial charge on any atom is -0.423 e. The van der Waals surface area contributed by atoms with Crippen LogP contribution in [-0.2, 0) is 20.7 Å². The van der Waals surface area contributed by atoms with E-state index in [0.717, 1.165) is 34.2 Å². The highest BCUT2D eigenvalue weighted by Crippen LogP contribution is 2.30. The molecule has 0 aromatic heterocycles. The number of hydrogen-bond acceptors (Lipinski definition) is 5. The Hall–Kier alpha value is -5.00. The third-order valence-corrected chi connectivity index (χ3v) is 7.04. The summed E-state index contributed by atoms with van der Waals surface area (Å²) in [7, 11) is 1.49. The van der Waals surface area contributed by atoms with Gasteiger partial charge in [-0.25, -0.2) is 9.59 Å². The Bertz CT molecular complexity index is 1640. The second-order valence-corrected chi connectivity index (χ2v) is 10.6. The van der Waals surface area contributed by atoms with Gasteiger partial charge in [-0.15, -0.1) is 0 Å². The number of carbonyl (C=O) groups excluding carboxylic acids is 2. The second kappa shape index (κ2) is 15.5. The van der Waals surface area contributed by atoms with Crippen LogP contribution in [0.5, 0.6) is 11.5 Å². The lowest BCUT2D eigenvalue weighted by Crippen LogP contribution is -2.13. The number of ether oxygens (including phenoxy) is 3. The van der Waals surface area contributed by atoms with Crippen molar-refractivity contribution in [3.63, 3.8) is 0 Å². The molecule has 5 nitrogen and oxygen atoms in total. The molecule has 0 heterocycles. The molecule has 44 heavy (non-hydrogen) atoms. The lowest BCUT2D eigenvalue weighted by Gasteiger charge is -2.11. The molecule has 0 saturated carbocycles. The number of rotatable bonds is 13. The molecule has 0 bridgehead atoms. The highest BCUT2D eigenvalue weighted by Gasteiger charge is 2.12. The quantitative estimate of drug-likeness (QED) is 0.0677. The van der Waals surface area contributed by atoms with Crippen molar-refractivity contribution in [3.8, 4) is 33.8 Å². The van der Waals surface area contributed by atoms with E-state index in [4.69, 9.17) is 14.2 Å². The zero-order valence-electron chi connectivity index (χ0n) is 25.6. The topological polar surface area (TPSA) is 61.8 Å².